The molecule has 0 saturated carbocycles. The van der Waals surface area contributed by atoms with Crippen molar-refractivity contribution in [3.8, 4) is 0 Å². The summed E-state index contributed by atoms with van der Waals surface area (Å²) in [5.41, 5.74) is 0. The zero-order chi connectivity index (χ0) is 50.0. The van der Waals surface area contributed by atoms with Crippen LogP contribution >= 0.6 is 0 Å². The van der Waals surface area contributed by atoms with Gasteiger partial charge in [0.25, 0.3) is 0 Å². The highest BCUT2D eigenvalue weighted by Gasteiger charge is 2.19. The lowest BCUT2D eigenvalue weighted by Crippen LogP contribution is -2.30. The SMILES string of the molecule is CC/C=C\C/C=C\C/C=C\C/C=C\C/C=C\CCCCCC(=O)O[C@@H](COC(=O)CCCCCCC/C=C\CCCCCCCC)COC(=O)CCCCCCCCC/C=C\C/C=C\CCCCC. The van der Waals surface area contributed by atoms with Crippen LogP contribution in [0.2, 0.25) is 0 Å². The first kappa shape index (κ1) is 65.3. The van der Waals surface area contributed by atoms with Crippen molar-refractivity contribution in [3.63, 3.8) is 0 Å². The average Bonchev–Trinajstić information content (AvgIpc) is 3.35. The van der Waals surface area contributed by atoms with Crippen LogP contribution in [0, 0.1) is 0 Å². The number of hydrogen-bond acceptors (Lipinski definition) is 6. The van der Waals surface area contributed by atoms with E-state index in [0.29, 0.717) is 12.8 Å². The van der Waals surface area contributed by atoms with Crippen molar-refractivity contribution in [2.24, 2.45) is 0 Å². The Balaban J connectivity index is 4.48. The van der Waals surface area contributed by atoms with Crippen molar-refractivity contribution < 1.29 is 28.6 Å². The fraction of sp³-hybridized carbons (Fsp3) is 0.698. The Morgan fingerprint density at radius 3 is 0.942 bits per heavy atom. The second kappa shape index (κ2) is 56.9. The van der Waals surface area contributed by atoms with E-state index in [9.17, 15) is 14.4 Å². The summed E-state index contributed by atoms with van der Waals surface area (Å²) in [5.74, 6) is -0.943. The summed E-state index contributed by atoms with van der Waals surface area (Å²) < 4.78 is 16.8. The first-order valence-electron chi connectivity index (χ1n) is 28.7. The van der Waals surface area contributed by atoms with Crippen molar-refractivity contribution >= 4 is 17.9 Å². The summed E-state index contributed by atoms with van der Waals surface area (Å²) in [4.78, 5) is 38.2. The summed E-state index contributed by atoms with van der Waals surface area (Å²) in [6, 6.07) is 0. The van der Waals surface area contributed by atoms with Crippen LogP contribution in [0.15, 0.2) is 97.2 Å². The minimum absolute atomic E-state index is 0.0982. The second-order valence-corrected chi connectivity index (χ2v) is 18.8. The Labute approximate surface area is 426 Å². The molecule has 0 aromatic heterocycles. The van der Waals surface area contributed by atoms with E-state index in [0.717, 1.165) is 116 Å². The Morgan fingerprint density at radius 2 is 0.565 bits per heavy atom. The third kappa shape index (κ3) is 55.1. The van der Waals surface area contributed by atoms with E-state index in [-0.39, 0.29) is 37.5 Å². The van der Waals surface area contributed by atoms with Gasteiger partial charge in [-0.2, -0.15) is 0 Å². The van der Waals surface area contributed by atoms with E-state index in [1.807, 2.05) is 0 Å². The smallest absolute Gasteiger partial charge is 0.306 e. The molecule has 0 aromatic carbocycles. The number of esters is 3. The predicted octanol–water partition coefficient (Wildman–Crippen LogP) is 19.3. The van der Waals surface area contributed by atoms with Gasteiger partial charge < -0.3 is 14.2 Å². The fourth-order valence-corrected chi connectivity index (χ4v) is 7.73. The van der Waals surface area contributed by atoms with Gasteiger partial charge in [-0.15, -0.1) is 0 Å². The monoisotopic (exact) mass is 959 g/mol. The summed E-state index contributed by atoms with van der Waals surface area (Å²) in [6.07, 6.45) is 75.3. The molecule has 0 bridgehead atoms. The summed E-state index contributed by atoms with van der Waals surface area (Å²) in [7, 11) is 0. The van der Waals surface area contributed by atoms with Crippen LogP contribution in [-0.2, 0) is 28.6 Å². The molecule has 0 fully saturated rings. The van der Waals surface area contributed by atoms with E-state index in [1.54, 1.807) is 0 Å². The molecule has 69 heavy (non-hydrogen) atoms. The zero-order valence-corrected chi connectivity index (χ0v) is 45.0. The molecule has 0 aromatic rings. The zero-order valence-electron chi connectivity index (χ0n) is 45.0. The van der Waals surface area contributed by atoms with Crippen molar-refractivity contribution in [1.29, 1.82) is 0 Å². The van der Waals surface area contributed by atoms with Gasteiger partial charge in [-0.05, 0) is 122 Å². The molecule has 0 N–H and O–H groups in total. The van der Waals surface area contributed by atoms with Gasteiger partial charge in [-0.1, -0.05) is 221 Å². The molecule has 0 unspecified atom stereocenters. The van der Waals surface area contributed by atoms with Crippen molar-refractivity contribution in [3.05, 3.63) is 97.2 Å². The molecule has 1 atom stereocenters. The fourth-order valence-electron chi connectivity index (χ4n) is 7.73. The number of carbonyl (C=O) groups excluding carboxylic acids is 3. The van der Waals surface area contributed by atoms with Gasteiger partial charge in [0.05, 0.1) is 0 Å². The lowest BCUT2D eigenvalue weighted by Gasteiger charge is -2.18. The van der Waals surface area contributed by atoms with E-state index in [4.69, 9.17) is 14.2 Å². The average molecular weight is 960 g/mol. The Kier molecular flexibility index (Phi) is 53.9. The highest BCUT2D eigenvalue weighted by Crippen LogP contribution is 2.14. The van der Waals surface area contributed by atoms with Crippen LogP contribution in [0.5, 0.6) is 0 Å². The van der Waals surface area contributed by atoms with Gasteiger partial charge in [0.15, 0.2) is 6.10 Å². The predicted molar refractivity (Wildman–Crippen MR) is 297 cm³/mol. The molecule has 0 radical (unpaired) electrons. The maximum Gasteiger partial charge on any atom is 0.306 e. The molecule has 0 amide bonds. The molecule has 0 aliphatic rings. The molecule has 6 nitrogen and oxygen atoms in total. The third-order valence-electron chi connectivity index (χ3n) is 12.0. The molecule has 0 spiro atoms. The van der Waals surface area contributed by atoms with E-state index < -0.39 is 6.10 Å². The standard InChI is InChI=1S/C63H106O6/c1-4-7-10-13-16-19-22-25-28-30-31-33-36-39-42-45-48-51-54-57-63(66)69-60(58-67-61(64)55-52-49-46-43-40-37-34-27-24-21-18-15-12-9-6-3)59-68-62(65)56-53-50-47-44-41-38-35-32-29-26-23-20-17-14-11-8-5-2/h7,10,16-17,19-20,25-29,31,33-34,39,42,60H,4-6,8-9,11-15,18,21-24,30,32,35-38,40-41,43-59H2,1-3H3/b10-7-,19-16-,20-17-,28-25-,29-26-,33-31-,34-27-,42-39-/t60-/m0/s1. The van der Waals surface area contributed by atoms with Gasteiger partial charge >= 0.3 is 17.9 Å². The number of hydrogen-bond donors (Lipinski definition) is 0. The quantitative estimate of drug-likeness (QED) is 0.0262. The number of unbranched alkanes of at least 4 members (excludes halogenated alkanes) is 24. The molecule has 0 aliphatic heterocycles. The first-order valence-corrected chi connectivity index (χ1v) is 28.7. The molecule has 0 rings (SSSR count). The number of ether oxygens (including phenoxy) is 3. The molecule has 394 valence electrons. The van der Waals surface area contributed by atoms with Crippen molar-refractivity contribution in [2.45, 2.75) is 271 Å². The van der Waals surface area contributed by atoms with E-state index in [1.165, 1.54) is 109 Å². The molecular formula is C63H106O6. The number of carbonyl (C=O) groups is 3. The molecule has 0 saturated heterocycles. The maximum atomic E-state index is 12.9. The second-order valence-electron chi connectivity index (χ2n) is 18.8. The summed E-state index contributed by atoms with van der Waals surface area (Å²) >= 11 is 0. The van der Waals surface area contributed by atoms with Crippen molar-refractivity contribution in [1.82, 2.24) is 0 Å². The van der Waals surface area contributed by atoms with E-state index >= 15 is 0 Å². The molecular weight excluding hydrogens is 853 g/mol. The largest absolute Gasteiger partial charge is 0.462 e. The van der Waals surface area contributed by atoms with Gasteiger partial charge in [-0.25, -0.2) is 0 Å². The highest BCUT2D eigenvalue weighted by molar-refractivity contribution is 5.71. The van der Waals surface area contributed by atoms with E-state index in [2.05, 4.69) is 118 Å². The first-order chi connectivity index (χ1) is 34.0. The highest BCUT2D eigenvalue weighted by atomic mass is 16.6. The normalized spacial score (nSPS) is 12.8. The lowest BCUT2D eigenvalue weighted by molar-refractivity contribution is -0.167. The number of allylic oxidation sites excluding steroid dienone is 16. The minimum Gasteiger partial charge on any atom is -0.462 e. The lowest BCUT2D eigenvalue weighted by atomic mass is 10.1. The molecule has 0 heterocycles. The van der Waals surface area contributed by atoms with Gasteiger partial charge in [0, 0.05) is 19.3 Å². The molecule has 0 aliphatic carbocycles. The van der Waals surface area contributed by atoms with Crippen LogP contribution in [-0.4, -0.2) is 37.2 Å². The minimum atomic E-state index is -0.803. The van der Waals surface area contributed by atoms with Gasteiger partial charge in [-0.3, -0.25) is 14.4 Å². The van der Waals surface area contributed by atoms with Crippen LogP contribution in [0.4, 0.5) is 0 Å². The van der Waals surface area contributed by atoms with Gasteiger partial charge in [0.2, 0.25) is 0 Å². The number of rotatable bonds is 51. The van der Waals surface area contributed by atoms with Crippen LogP contribution < -0.4 is 0 Å². The summed E-state index contributed by atoms with van der Waals surface area (Å²) in [6.45, 7) is 6.46. The molecule has 6 heteroatoms. The van der Waals surface area contributed by atoms with Crippen molar-refractivity contribution in [2.75, 3.05) is 13.2 Å². The van der Waals surface area contributed by atoms with Crippen LogP contribution in [0.1, 0.15) is 265 Å². The van der Waals surface area contributed by atoms with Crippen LogP contribution in [0.25, 0.3) is 0 Å². The van der Waals surface area contributed by atoms with Gasteiger partial charge in [0.1, 0.15) is 13.2 Å². The Hall–Kier alpha value is -3.67. The third-order valence-corrected chi connectivity index (χ3v) is 12.0. The Bertz CT molecular complexity index is 1380. The summed E-state index contributed by atoms with van der Waals surface area (Å²) in [5, 5.41) is 0. The van der Waals surface area contributed by atoms with Crippen LogP contribution in [0.3, 0.4) is 0 Å². The topological polar surface area (TPSA) is 78.9 Å². The maximum absolute atomic E-state index is 12.9. The Morgan fingerprint density at radius 1 is 0.304 bits per heavy atom.